The van der Waals surface area contributed by atoms with E-state index in [-0.39, 0.29) is 18.4 Å². The predicted molar refractivity (Wildman–Crippen MR) is 102 cm³/mol. The first-order valence-electron chi connectivity index (χ1n) is 9.17. The number of piperazine rings is 1. The van der Waals surface area contributed by atoms with Gasteiger partial charge in [0.1, 0.15) is 5.82 Å². The molecular formula is C19H26N6O2. The van der Waals surface area contributed by atoms with Crippen LogP contribution in [-0.4, -0.2) is 52.6 Å². The van der Waals surface area contributed by atoms with E-state index in [0.29, 0.717) is 13.1 Å². The Kier molecular flexibility index (Phi) is 6.56. The summed E-state index contributed by atoms with van der Waals surface area (Å²) in [5.74, 6) is 0.695. The van der Waals surface area contributed by atoms with Crippen LogP contribution in [0.1, 0.15) is 23.9 Å². The van der Waals surface area contributed by atoms with E-state index in [0.717, 1.165) is 31.0 Å². The summed E-state index contributed by atoms with van der Waals surface area (Å²) in [6.45, 7) is 3.48. The molecule has 3 N–H and O–H groups in total. The molecule has 8 nitrogen and oxygen atoms in total. The lowest BCUT2D eigenvalue weighted by Gasteiger charge is -2.35. The zero-order valence-corrected chi connectivity index (χ0v) is 15.5. The number of aromatic nitrogens is 2. The van der Waals surface area contributed by atoms with Gasteiger partial charge in [-0.1, -0.05) is 30.3 Å². The summed E-state index contributed by atoms with van der Waals surface area (Å²) in [6.07, 6.45) is 3.97. The Labute approximate surface area is 159 Å². The first-order chi connectivity index (χ1) is 13.1. The van der Waals surface area contributed by atoms with E-state index in [9.17, 15) is 9.59 Å². The predicted octanol–water partition coefficient (Wildman–Crippen LogP) is 0.783. The zero-order chi connectivity index (χ0) is 19.1. The maximum absolute atomic E-state index is 12.1. The fourth-order valence-corrected chi connectivity index (χ4v) is 3.22. The van der Waals surface area contributed by atoms with Crippen molar-refractivity contribution in [1.82, 2.24) is 30.4 Å². The highest BCUT2D eigenvalue weighted by Gasteiger charge is 2.27. The summed E-state index contributed by atoms with van der Waals surface area (Å²) in [6, 6.07) is 9.23. The number of rotatable bonds is 6. The molecule has 8 heteroatoms. The quantitative estimate of drug-likeness (QED) is 0.699. The number of nitrogens with one attached hydrogen (secondary N) is 3. The lowest BCUT2D eigenvalue weighted by molar-refractivity contribution is -0.120. The fraction of sp³-hybridized carbons (Fsp3) is 0.421. The van der Waals surface area contributed by atoms with Crippen molar-refractivity contribution < 1.29 is 9.59 Å². The van der Waals surface area contributed by atoms with Gasteiger partial charge in [-0.2, -0.15) is 0 Å². The summed E-state index contributed by atoms with van der Waals surface area (Å²) < 4.78 is 2.00. The van der Waals surface area contributed by atoms with E-state index >= 15 is 0 Å². The van der Waals surface area contributed by atoms with Crippen LogP contribution in [0.25, 0.3) is 0 Å². The van der Waals surface area contributed by atoms with E-state index < -0.39 is 6.03 Å². The molecule has 1 aliphatic rings. The smallest absolute Gasteiger partial charge is 0.321 e. The van der Waals surface area contributed by atoms with Crippen LogP contribution < -0.4 is 16.0 Å². The van der Waals surface area contributed by atoms with Gasteiger partial charge in [-0.25, -0.2) is 9.78 Å². The van der Waals surface area contributed by atoms with Gasteiger partial charge < -0.3 is 15.2 Å². The van der Waals surface area contributed by atoms with Crippen molar-refractivity contribution in [3.8, 4) is 0 Å². The third kappa shape index (κ3) is 5.38. The normalized spacial score (nSPS) is 17.4. The van der Waals surface area contributed by atoms with Crippen LogP contribution in [0.2, 0.25) is 0 Å². The molecule has 2 heterocycles. The molecule has 1 aromatic carbocycles. The molecular weight excluding hydrogens is 344 g/mol. The SMILES string of the molecule is Cn1ccnc1C1CNCCN1CCC(=O)NC(=O)NCc1ccccc1. The minimum atomic E-state index is -0.468. The molecule has 1 fully saturated rings. The van der Waals surface area contributed by atoms with Gasteiger partial charge in [-0.3, -0.25) is 15.0 Å². The fourth-order valence-electron chi connectivity index (χ4n) is 3.22. The molecule has 27 heavy (non-hydrogen) atoms. The van der Waals surface area contributed by atoms with Crippen molar-refractivity contribution in [2.75, 3.05) is 26.2 Å². The zero-order valence-electron chi connectivity index (χ0n) is 15.5. The molecule has 3 rings (SSSR count). The average molecular weight is 370 g/mol. The van der Waals surface area contributed by atoms with E-state index in [4.69, 9.17) is 0 Å². The highest BCUT2D eigenvalue weighted by molar-refractivity contribution is 5.94. The third-order valence-electron chi connectivity index (χ3n) is 4.69. The summed E-state index contributed by atoms with van der Waals surface area (Å²) in [7, 11) is 1.97. The Bertz CT molecular complexity index is 761. The molecule has 1 saturated heterocycles. The molecule has 3 amide bonds. The van der Waals surface area contributed by atoms with Crippen LogP contribution in [0.3, 0.4) is 0 Å². The number of carbonyl (C=O) groups excluding carboxylic acids is 2. The first-order valence-corrected chi connectivity index (χ1v) is 9.17. The van der Waals surface area contributed by atoms with Gasteiger partial charge in [0.15, 0.2) is 0 Å². The number of aryl methyl sites for hydroxylation is 1. The summed E-state index contributed by atoms with van der Waals surface area (Å²) >= 11 is 0. The number of nitrogens with zero attached hydrogens (tertiary/aromatic N) is 3. The van der Waals surface area contributed by atoms with Gasteiger partial charge in [0, 0.05) is 58.6 Å². The Hall–Kier alpha value is -2.71. The van der Waals surface area contributed by atoms with Gasteiger partial charge in [-0.15, -0.1) is 0 Å². The Morgan fingerprint density at radius 1 is 1.30 bits per heavy atom. The van der Waals surface area contributed by atoms with Gasteiger partial charge >= 0.3 is 6.03 Å². The van der Waals surface area contributed by atoms with Crippen molar-refractivity contribution >= 4 is 11.9 Å². The second-order valence-corrected chi connectivity index (χ2v) is 6.62. The van der Waals surface area contributed by atoms with Gasteiger partial charge in [0.05, 0.1) is 6.04 Å². The number of hydrogen-bond acceptors (Lipinski definition) is 5. The van der Waals surface area contributed by atoms with Crippen molar-refractivity contribution in [3.63, 3.8) is 0 Å². The second kappa shape index (κ2) is 9.29. The average Bonchev–Trinajstić information content (AvgIpc) is 3.11. The molecule has 0 aliphatic carbocycles. The number of imidazole rings is 1. The number of imide groups is 1. The molecule has 1 unspecified atom stereocenters. The lowest BCUT2D eigenvalue weighted by Crippen LogP contribution is -2.48. The largest absolute Gasteiger partial charge is 0.337 e. The monoisotopic (exact) mass is 370 g/mol. The van der Waals surface area contributed by atoms with Crippen LogP contribution in [0.5, 0.6) is 0 Å². The van der Waals surface area contributed by atoms with Crippen LogP contribution in [0, 0.1) is 0 Å². The molecule has 2 aromatic rings. The van der Waals surface area contributed by atoms with E-state index in [1.165, 1.54) is 0 Å². The number of urea groups is 1. The molecule has 1 atom stereocenters. The molecule has 1 aliphatic heterocycles. The van der Waals surface area contributed by atoms with Crippen LogP contribution in [0.15, 0.2) is 42.7 Å². The van der Waals surface area contributed by atoms with Crippen LogP contribution in [0.4, 0.5) is 4.79 Å². The highest BCUT2D eigenvalue weighted by atomic mass is 16.2. The Morgan fingerprint density at radius 3 is 2.85 bits per heavy atom. The van der Waals surface area contributed by atoms with Crippen molar-refractivity contribution in [2.45, 2.75) is 19.0 Å². The molecule has 0 bridgehead atoms. The summed E-state index contributed by atoms with van der Waals surface area (Å²) in [4.78, 5) is 30.7. The second-order valence-electron chi connectivity index (χ2n) is 6.62. The first kappa shape index (κ1) is 19.1. The van der Waals surface area contributed by atoms with Gasteiger partial charge in [0.2, 0.25) is 5.91 Å². The Balaban J connectivity index is 1.45. The van der Waals surface area contributed by atoms with Crippen LogP contribution in [-0.2, 0) is 18.4 Å². The maximum atomic E-state index is 12.1. The topological polar surface area (TPSA) is 91.3 Å². The van der Waals surface area contributed by atoms with Crippen molar-refractivity contribution in [3.05, 3.63) is 54.1 Å². The van der Waals surface area contributed by atoms with Crippen molar-refractivity contribution in [1.29, 1.82) is 0 Å². The maximum Gasteiger partial charge on any atom is 0.321 e. The number of hydrogen-bond donors (Lipinski definition) is 3. The van der Waals surface area contributed by atoms with Crippen LogP contribution >= 0.6 is 0 Å². The number of benzene rings is 1. The van der Waals surface area contributed by atoms with Gasteiger partial charge in [-0.05, 0) is 5.56 Å². The van der Waals surface area contributed by atoms with Gasteiger partial charge in [0.25, 0.3) is 0 Å². The third-order valence-corrected chi connectivity index (χ3v) is 4.69. The van der Waals surface area contributed by atoms with E-state index in [2.05, 4.69) is 25.8 Å². The summed E-state index contributed by atoms with van der Waals surface area (Å²) in [5.41, 5.74) is 0.985. The summed E-state index contributed by atoms with van der Waals surface area (Å²) in [5, 5.41) is 8.47. The molecule has 144 valence electrons. The molecule has 0 radical (unpaired) electrons. The van der Waals surface area contributed by atoms with E-state index in [1.54, 1.807) is 6.20 Å². The molecule has 0 saturated carbocycles. The van der Waals surface area contributed by atoms with Crippen molar-refractivity contribution in [2.24, 2.45) is 7.05 Å². The minimum absolute atomic E-state index is 0.124. The Morgan fingerprint density at radius 2 is 2.11 bits per heavy atom. The molecule has 0 spiro atoms. The number of carbonyl (C=O) groups is 2. The van der Waals surface area contributed by atoms with E-state index in [1.807, 2.05) is 48.1 Å². The minimum Gasteiger partial charge on any atom is -0.337 e. The molecule has 1 aromatic heterocycles. The standard InChI is InChI=1S/C19H26N6O2/c1-24-11-9-21-18(24)16-14-20-8-12-25(16)10-7-17(26)23-19(27)22-13-15-5-3-2-4-6-15/h2-6,9,11,16,20H,7-8,10,12-14H2,1H3,(H2,22,23,26,27). The highest BCUT2D eigenvalue weighted by Crippen LogP contribution is 2.20. The lowest BCUT2D eigenvalue weighted by atomic mass is 10.1. The number of amides is 3.